The number of aromatic nitrogens is 4. The molecule has 104 valence electrons. The molecule has 2 heterocycles. The zero-order valence-corrected chi connectivity index (χ0v) is 11.2. The maximum atomic E-state index is 11.9. The molecule has 0 spiro atoms. The smallest absolute Gasteiger partial charge is 0.229 e. The minimum Gasteiger partial charge on any atom is -0.309 e. The Balaban J connectivity index is 1.66. The largest absolute Gasteiger partial charge is 0.309 e. The number of hydrogen-bond donors (Lipinski definition) is 1. The van der Waals surface area contributed by atoms with Crippen LogP contribution in [0.4, 0.5) is 5.82 Å². The van der Waals surface area contributed by atoms with Crippen molar-refractivity contribution in [3.05, 3.63) is 66.9 Å². The Hall–Kier alpha value is -3.02. The van der Waals surface area contributed by atoms with Crippen molar-refractivity contribution < 1.29 is 4.79 Å². The highest BCUT2D eigenvalue weighted by atomic mass is 16.1. The summed E-state index contributed by atoms with van der Waals surface area (Å²) in [6.07, 6.45) is 6.82. The van der Waals surface area contributed by atoms with Crippen molar-refractivity contribution >= 4 is 11.7 Å². The number of benzene rings is 1. The third kappa shape index (κ3) is 3.30. The number of carbonyl (C=O) groups is 1. The zero-order valence-electron chi connectivity index (χ0n) is 11.2. The van der Waals surface area contributed by atoms with Gasteiger partial charge in [-0.1, -0.05) is 30.3 Å². The van der Waals surface area contributed by atoms with Crippen molar-refractivity contribution in [2.75, 3.05) is 5.32 Å². The van der Waals surface area contributed by atoms with Crippen LogP contribution in [0.1, 0.15) is 5.56 Å². The fourth-order valence-corrected chi connectivity index (χ4v) is 1.91. The molecule has 3 rings (SSSR count). The Morgan fingerprint density at radius 1 is 1.10 bits per heavy atom. The summed E-state index contributed by atoms with van der Waals surface area (Å²) < 4.78 is 1.61. The third-order valence-electron chi connectivity index (χ3n) is 2.88. The minimum absolute atomic E-state index is 0.101. The average molecular weight is 279 g/mol. The number of nitrogens with one attached hydrogen (secondary N) is 1. The lowest BCUT2D eigenvalue weighted by molar-refractivity contribution is -0.115. The van der Waals surface area contributed by atoms with Crippen molar-refractivity contribution in [1.29, 1.82) is 0 Å². The fraction of sp³-hybridized carbons (Fsp3) is 0.0667. The van der Waals surface area contributed by atoms with Gasteiger partial charge in [-0.05, 0) is 5.56 Å². The molecule has 0 saturated carbocycles. The maximum absolute atomic E-state index is 11.9. The summed E-state index contributed by atoms with van der Waals surface area (Å²) in [5.41, 5.74) is 1.70. The second-order valence-corrected chi connectivity index (χ2v) is 4.45. The molecule has 0 aliphatic heterocycles. The first-order valence-corrected chi connectivity index (χ1v) is 6.46. The van der Waals surface area contributed by atoms with Crippen LogP contribution >= 0.6 is 0 Å². The van der Waals surface area contributed by atoms with Crippen molar-refractivity contribution in [2.24, 2.45) is 0 Å². The molecule has 0 atom stereocenters. The second-order valence-electron chi connectivity index (χ2n) is 4.45. The van der Waals surface area contributed by atoms with Crippen LogP contribution < -0.4 is 5.32 Å². The van der Waals surface area contributed by atoms with Crippen LogP contribution in [0.25, 0.3) is 5.69 Å². The van der Waals surface area contributed by atoms with Crippen molar-refractivity contribution in [3.8, 4) is 5.69 Å². The molecule has 3 aromatic rings. The van der Waals surface area contributed by atoms with Gasteiger partial charge in [-0.15, -0.1) is 5.10 Å². The van der Waals surface area contributed by atoms with Gasteiger partial charge >= 0.3 is 0 Å². The number of carbonyl (C=O) groups excluding carboxylic acids is 1. The van der Waals surface area contributed by atoms with Crippen molar-refractivity contribution in [2.45, 2.75) is 6.42 Å². The average Bonchev–Trinajstić information content (AvgIpc) is 2.97. The molecule has 0 saturated heterocycles. The topological polar surface area (TPSA) is 72.7 Å². The van der Waals surface area contributed by atoms with Crippen LogP contribution in [0.5, 0.6) is 0 Å². The van der Waals surface area contributed by atoms with Crippen LogP contribution in [-0.2, 0) is 11.2 Å². The summed E-state index contributed by atoms with van der Waals surface area (Å²) in [4.78, 5) is 19.8. The van der Waals surface area contributed by atoms with Gasteiger partial charge in [0.25, 0.3) is 0 Å². The molecule has 6 heteroatoms. The fourth-order valence-electron chi connectivity index (χ4n) is 1.91. The number of rotatable bonds is 4. The van der Waals surface area contributed by atoms with Crippen LogP contribution in [0, 0.1) is 0 Å². The van der Waals surface area contributed by atoms with E-state index in [9.17, 15) is 4.79 Å². The summed E-state index contributed by atoms with van der Waals surface area (Å²) in [6.45, 7) is 0. The van der Waals surface area contributed by atoms with Gasteiger partial charge in [-0.2, -0.15) is 0 Å². The number of amides is 1. The molecule has 0 unspecified atom stereocenters. The first-order chi connectivity index (χ1) is 10.3. The van der Waals surface area contributed by atoms with E-state index in [4.69, 9.17) is 0 Å². The van der Waals surface area contributed by atoms with E-state index in [-0.39, 0.29) is 5.91 Å². The Morgan fingerprint density at radius 3 is 2.62 bits per heavy atom. The first kappa shape index (κ1) is 13.0. The molecule has 0 radical (unpaired) electrons. The van der Waals surface area contributed by atoms with Crippen LogP contribution in [-0.4, -0.2) is 25.7 Å². The van der Waals surface area contributed by atoms with Gasteiger partial charge in [-0.25, -0.2) is 14.6 Å². The normalized spacial score (nSPS) is 10.3. The van der Waals surface area contributed by atoms with Gasteiger partial charge < -0.3 is 5.32 Å². The molecular weight excluding hydrogens is 266 g/mol. The monoisotopic (exact) mass is 279 g/mol. The molecule has 0 bridgehead atoms. The van der Waals surface area contributed by atoms with E-state index in [0.717, 1.165) is 11.3 Å². The van der Waals surface area contributed by atoms with E-state index in [2.05, 4.69) is 20.4 Å². The van der Waals surface area contributed by atoms with Crippen LogP contribution in [0.15, 0.2) is 61.3 Å². The molecule has 6 nitrogen and oxygen atoms in total. The SMILES string of the molecule is O=C(Cc1ccccc1)Nc1ccn(-c2cncnc2)n1. The summed E-state index contributed by atoms with van der Waals surface area (Å²) in [5.74, 6) is 0.399. The number of hydrogen-bond acceptors (Lipinski definition) is 4. The van der Waals surface area contributed by atoms with Crippen LogP contribution in [0.2, 0.25) is 0 Å². The van der Waals surface area contributed by atoms with E-state index < -0.39 is 0 Å². The Bertz CT molecular complexity index is 724. The van der Waals surface area contributed by atoms with Gasteiger partial charge in [-0.3, -0.25) is 4.79 Å². The minimum atomic E-state index is -0.101. The van der Waals surface area contributed by atoms with Crippen molar-refractivity contribution in [1.82, 2.24) is 19.7 Å². The molecular formula is C15H13N5O. The lowest BCUT2D eigenvalue weighted by Gasteiger charge is -2.02. The molecule has 0 fully saturated rings. The van der Waals surface area contributed by atoms with E-state index in [1.165, 1.54) is 6.33 Å². The van der Waals surface area contributed by atoms with E-state index >= 15 is 0 Å². The zero-order chi connectivity index (χ0) is 14.5. The van der Waals surface area contributed by atoms with Gasteiger partial charge in [0.2, 0.25) is 5.91 Å². The Labute approximate surface area is 121 Å². The quantitative estimate of drug-likeness (QED) is 0.791. The highest BCUT2D eigenvalue weighted by Gasteiger charge is 2.07. The number of nitrogens with zero attached hydrogens (tertiary/aromatic N) is 4. The molecule has 1 amide bonds. The molecule has 1 N–H and O–H groups in total. The second kappa shape index (κ2) is 5.96. The summed E-state index contributed by atoms with van der Waals surface area (Å²) in [5, 5.41) is 7.04. The van der Waals surface area contributed by atoms with Gasteiger partial charge in [0, 0.05) is 12.3 Å². The molecule has 2 aromatic heterocycles. The van der Waals surface area contributed by atoms with Gasteiger partial charge in [0.1, 0.15) is 12.0 Å². The predicted molar refractivity (Wildman–Crippen MR) is 77.9 cm³/mol. The standard InChI is InChI=1S/C15H13N5O/c21-15(8-12-4-2-1-3-5-12)18-14-6-7-20(19-14)13-9-16-11-17-10-13/h1-7,9-11H,8H2,(H,18,19,21). The predicted octanol–water partition coefficient (Wildman–Crippen LogP) is 1.84. The number of anilines is 1. The molecule has 1 aromatic carbocycles. The highest BCUT2D eigenvalue weighted by Crippen LogP contribution is 2.09. The van der Waals surface area contributed by atoms with Crippen LogP contribution in [0.3, 0.4) is 0 Å². The summed E-state index contributed by atoms with van der Waals surface area (Å²) in [6, 6.07) is 11.3. The lowest BCUT2D eigenvalue weighted by atomic mass is 10.1. The van der Waals surface area contributed by atoms with Gasteiger partial charge in [0.15, 0.2) is 5.82 Å². The van der Waals surface area contributed by atoms with Gasteiger partial charge in [0.05, 0.1) is 18.8 Å². The van der Waals surface area contributed by atoms with Crippen molar-refractivity contribution in [3.63, 3.8) is 0 Å². The van der Waals surface area contributed by atoms with E-state index in [0.29, 0.717) is 12.2 Å². The lowest BCUT2D eigenvalue weighted by Crippen LogP contribution is -2.15. The molecule has 21 heavy (non-hydrogen) atoms. The highest BCUT2D eigenvalue weighted by molar-refractivity contribution is 5.91. The van der Waals surface area contributed by atoms with E-state index in [1.54, 1.807) is 29.3 Å². The summed E-state index contributed by atoms with van der Waals surface area (Å²) in [7, 11) is 0. The Kier molecular flexibility index (Phi) is 3.68. The van der Waals surface area contributed by atoms with E-state index in [1.807, 2.05) is 30.3 Å². The molecule has 0 aliphatic carbocycles. The third-order valence-corrected chi connectivity index (χ3v) is 2.88. The Morgan fingerprint density at radius 2 is 1.86 bits per heavy atom. The maximum Gasteiger partial charge on any atom is 0.229 e. The molecule has 0 aliphatic rings. The summed E-state index contributed by atoms with van der Waals surface area (Å²) >= 11 is 0. The first-order valence-electron chi connectivity index (χ1n) is 6.46.